The number of hydrogen-bond donors (Lipinski definition) is 3. The van der Waals surface area contributed by atoms with Gasteiger partial charge in [-0.2, -0.15) is 4.99 Å². The molecular weight excluding hydrogens is 292 g/mol. The molecule has 0 unspecified atom stereocenters. The summed E-state index contributed by atoms with van der Waals surface area (Å²) in [5, 5.41) is 2.87. The molecule has 5 N–H and O–H groups in total. The van der Waals surface area contributed by atoms with Crippen molar-refractivity contribution in [1.29, 1.82) is 0 Å². The third-order valence-electron chi connectivity index (χ3n) is 4.89. The molecule has 7 nitrogen and oxygen atoms in total. The van der Waals surface area contributed by atoms with Gasteiger partial charge >= 0.3 is 0 Å². The maximum Gasteiger partial charge on any atom is 0.254 e. The number of anilines is 1. The lowest BCUT2D eigenvalue weighted by molar-refractivity contribution is 0.0966. The van der Waals surface area contributed by atoms with Crippen molar-refractivity contribution in [3.8, 4) is 0 Å². The van der Waals surface area contributed by atoms with Crippen molar-refractivity contribution in [3.63, 3.8) is 0 Å². The number of amides is 1. The molecule has 1 saturated carbocycles. The van der Waals surface area contributed by atoms with Crippen molar-refractivity contribution < 1.29 is 4.79 Å². The number of nitrogens with zero attached hydrogens (tertiary/aromatic N) is 3. The van der Waals surface area contributed by atoms with E-state index in [4.69, 9.17) is 11.5 Å². The summed E-state index contributed by atoms with van der Waals surface area (Å²) in [5.41, 5.74) is 14.0. The lowest BCUT2D eigenvalue weighted by Crippen LogP contribution is -2.58. The van der Waals surface area contributed by atoms with Crippen LogP contribution >= 0.6 is 0 Å². The quantitative estimate of drug-likeness (QED) is 0.719. The summed E-state index contributed by atoms with van der Waals surface area (Å²) in [6, 6.07) is 5.82. The zero-order valence-electron chi connectivity index (χ0n) is 12.9. The second-order valence-corrected chi connectivity index (χ2v) is 6.31. The Bertz CT molecular complexity index is 732. The number of nitrogens with one attached hydrogen (secondary N) is 1. The summed E-state index contributed by atoms with van der Waals surface area (Å²) in [6.45, 7) is 0.547. The highest BCUT2D eigenvalue weighted by Crippen LogP contribution is 2.41. The minimum Gasteiger partial charge on any atom is -0.369 e. The molecule has 23 heavy (non-hydrogen) atoms. The maximum atomic E-state index is 12.3. The Kier molecular flexibility index (Phi) is 3.04. The zero-order chi connectivity index (χ0) is 16.0. The molecule has 3 aliphatic rings. The summed E-state index contributed by atoms with van der Waals surface area (Å²) in [4.78, 5) is 23.0. The van der Waals surface area contributed by atoms with Crippen molar-refractivity contribution in [3.05, 3.63) is 29.3 Å². The van der Waals surface area contributed by atoms with E-state index in [-0.39, 0.29) is 11.9 Å². The van der Waals surface area contributed by atoms with Crippen LogP contribution < -0.4 is 21.7 Å². The highest BCUT2D eigenvalue weighted by Gasteiger charge is 2.44. The van der Waals surface area contributed by atoms with Crippen molar-refractivity contribution in [2.75, 3.05) is 4.90 Å². The van der Waals surface area contributed by atoms with Gasteiger partial charge in [0.05, 0.1) is 11.3 Å². The predicted molar refractivity (Wildman–Crippen MR) is 89.2 cm³/mol. The van der Waals surface area contributed by atoms with E-state index in [2.05, 4.69) is 15.3 Å². The van der Waals surface area contributed by atoms with Gasteiger partial charge in [0, 0.05) is 6.54 Å². The van der Waals surface area contributed by atoms with Gasteiger partial charge < -0.3 is 16.8 Å². The van der Waals surface area contributed by atoms with Gasteiger partial charge in [0.25, 0.3) is 5.91 Å². The molecule has 1 spiro atoms. The van der Waals surface area contributed by atoms with Crippen LogP contribution in [0.5, 0.6) is 0 Å². The van der Waals surface area contributed by atoms with E-state index in [1.165, 1.54) is 6.42 Å². The molecule has 0 atom stereocenters. The summed E-state index contributed by atoms with van der Waals surface area (Å²) in [7, 11) is 0. The van der Waals surface area contributed by atoms with Crippen LogP contribution in [-0.4, -0.2) is 23.5 Å². The molecule has 120 valence electrons. The van der Waals surface area contributed by atoms with Crippen LogP contribution in [0.4, 0.5) is 5.69 Å². The largest absolute Gasteiger partial charge is 0.369 e. The van der Waals surface area contributed by atoms with E-state index in [9.17, 15) is 4.79 Å². The monoisotopic (exact) mass is 312 g/mol. The number of carbonyl (C=O) groups excluding carboxylic acids is 1. The van der Waals surface area contributed by atoms with Gasteiger partial charge in [0.2, 0.25) is 11.9 Å². The van der Waals surface area contributed by atoms with E-state index >= 15 is 0 Å². The Morgan fingerprint density at radius 2 is 1.96 bits per heavy atom. The first-order chi connectivity index (χ1) is 11.1. The highest BCUT2D eigenvalue weighted by molar-refractivity contribution is 6.11. The molecule has 4 rings (SSSR count). The van der Waals surface area contributed by atoms with Gasteiger partial charge in [-0.3, -0.25) is 9.69 Å². The number of aliphatic imine (C=N–C) groups is 2. The van der Waals surface area contributed by atoms with E-state index in [1.54, 1.807) is 0 Å². The number of benzene rings is 1. The first-order valence-electron chi connectivity index (χ1n) is 8.00. The summed E-state index contributed by atoms with van der Waals surface area (Å²) >= 11 is 0. The summed E-state index contributed by atoms with van der Waals surface area (Å²) in [6.07, 6.45) is 5.00. The Morgan fingerprint density at radius 3 is 2.74 bits per heavy atom. The van der Waals surface area contributed by atoms with Crippen molar-refractivity contribution >= 4 is 23.5 Å². The van der Waals surface area contributed by atoms with E-state index < -0.39 is 5.66 Å². The van der Waals surface area contributed by atoms with Crippen LogP contribution in [0.2, 0.25) is 0 Å². The minimum atomic E-state index is -0.522. The van der Waals surface area contributed by atoms with Gasteiger partial charge in [0.1, 0.15) is 5.66 Å². The molecule has 1 aromatic rings. The SMILES string of the molecule is NC1=NC2(CCCCC2)N(c2cccc3c2C(=O)NC3)C(N)=N1. The topological polar surface area (TPSA) is 109 Å². The van der Waals surface area contributed by atoms with E-state index in [1.807, 2.05) is 23.1 Å². The number of hydrogen-bond acceptors (Lipinski definition) is 6. The van der Waals surface area contributed by atoms with Gasteiger partial charge in [-0.25, -0.2) is 4.99 Å². The van der Waals surface area contributed by atoms with Crippen molar-refractivity contribution in [2.24, 2.45) is 21.5 Å². The maximum absolute atomic E-state index is 12.3. The second-order valence-electron chi connectivity index (χ2n) is 6.31. The van der Waals surface area contributed by atoms with E-state index in [0.717, 1.165) is 36.9 Å². The molecule has 0 radical (unpaired) electrons. The number of fused-ring (bicyclic) bond motifs is 1. The van der Waals surface area contributed by atoms with Crippen molar-refractivity contribution in [2.45, 2.75) is 44.3 Å². The zero-order valence-corrected chi connectivity index (χ0v) is 12.9. The molecular formula is C16H20N6O. The van der Waals surface area contributed by atoms with E-state index in [0.29, 0.717) is 18.1 Å². The highest BCUT2D eigenvalue weighted by atomic mass is 16.1. The molecule has 1 amide bonds. The fourth-order valence-electron chi connectivity index (χ4n) is 3.92. The Balaban J connectivity index is 1.88. The first-order valence-corrected chi connectivity index (χ1v) is 8.00. The molecule has 1 fully saturated rings. The second kappa shape index (κ2) is 4.97. The van der Waals surface area contributed by atoms with Crippen LogP contribution in [0.15, 0.2) is 28.2 Å². The molecule has 0 saturated heterocycles. The lowest BCUT2D eigenvalue weighted by Gasteiger charge is -2.46. The summed E-state index contributed by atoms with van der Waals surface area (Å²) < 4.78 is 0. The predicted octanol–water partition coefficient (Wildman–Crippen LogP) is 1.04. The van der Waals surface area contributed by atoms with Gasteiger partial charge in [-0.05, 0) is 37.3 Å². The third-order valence-corrected chi connectivity index (χ3v) is 4.89. The summed E-state index contributed by atoms with van der Waals surface area (Å²) in [5.74, 6) is 0.460. The fraction of sp³-hybridized carbons (Fsp3) is 0.438. The molecule has 2 heterocycles. The molecule has 7 heteroatoms. The Morgan fingerprint density at radius 1 is 1.17 bits per heavy atom. The molecule has 0 aromatic heterocycles. The number of carbonyl (C=O) groups is 1. The minimum absolute atomic E-state index is 0.0723. The molecule has 1 aromatic carbocycles. The van der Waals surface area contributed by atoms with Crippen LogP contribution in [0.1, 0.15) is 48.0 Å². The molecule has 2 aliphatic heterocycles. The van der Waals surface area contributed by atoms with Crippen LogP contribution in [0, 0.1) is 0 Å². The van der Waals surface area contributed by atoms with Crippen LogP contribution in [0.3, 0.4) is 0 Å². The number of nitrogens with two attached hydrogens (primary N) is 2. The first kappa shape index (κ1) is 14.0. The lowest BCUT2D eigenvalue weighted by atomic mass is 9.86. The average molecular weight is 312 g/mol. The van der Waals surface area contributed by atoms with Gasteiger partial charge in [-0.1, -0.05) is 18.6 Å². The standard InChI is InChI=1S/C16H20N6O/c17-14-20-15(18)22(16(21-14)7-2-1-3-8-16)11-6-4-5-10-9-19-13(23)12(10)11/h4-6H,1-3,7-9H2,(H,19,23)(H4,17,18,20,21). The molecule has 0 bridgehead atoms. The number of guanidine groups is 2. The average Bonchev–Trinajstić information content (AvgIpc) is 2.89. The fourth-order valence-corrected chi connectivity index (χ4v) is 3.92. The number of rotatable bonds is 1. The Labute approximate surface area is 134 Å². The Hall–Kier alpha value is -2.57. The van der Waals surface area contributed by atoms with Crippen molar-refractivity contribution in [1.82, 2.24) is 5.32 Å². The van der Waals surface area contributed by atoms with Crippen LogP contribution in [-0.2, 0) is 6.54 Å². The van der Waals surface area contributed by atoms with Gasteiger partial charge in [0.15, 0.2) is 0 Å². The normalized spacial score (nSPS) is 22.4. The van der Waals surface area contributed by atoms with Crippen LogP contribution in [0.25, 0.3) is 0 Å². The smallest absolute Gasteiger partial charge is 0.254 e. The molecule has 1 aliphatic carbocycles. The van der Waals surface area contributed by atoms with Gasteiger partial charge in [-0.15, -0.1) is 0 Å². The third kappa shape index (κ3) is 2.07.